The molecule has 0 unspecified atom stereocenters. The Hall–Kier alpha value is -2.04. The number of hydrogen-bond donors (Lipinski definition) is 0. The molecule has 2 heterocycles. The molecule has 2 aromatic carbocycles. The highest BCUT2D eigenvalue weighted by Gasteiger charge is 2.45. The van der Waals surface area contributed by atoms with Gasteiger partial charge in [0.1, 0.15) is 18.1 Å². The molecule has 0 saturated carbocycles. The number of ether oxygens (including phenoxy) is 2. The van der Waals surface area contributed by atoms with Gasteiger partial charge in [-0.2, -0.15) is 0 Å². The van der Waals surface area contributed by atoms with Crippen LogP contribution in [0.5, 0.6) is 11.5 Å². The number of nitrogens with zero attached hydrogens (tertiary/aromatic N) is 2. The minimum atomic E-state index is 0.501. The van der Waals surface area contributed by atoms with E-state index < -0.39 is 0 Å². The molecule has 0 amide bonds. The van der Waals surface area contributed by atoms with Crippen molar-refractivity contribution in [2.75, 3.05) is 46.9 Å². The van der Waals surface area contributed by atoms with Crippen LogP contribution in [0.15, 0.2) is 42.5 Å². The van der Waals surface area contributed by atoms with Crippen molar-refractivity contribution in [2.45, 2.75) is 19.9 Å². The van der Waals surface area contributed by atoms with Crippen molar-refractivity contribution in [3.8, 4) is 11.5 Å². The molecule has 2 saturated heterocycles. The molecule has 4 nitrogen and oxygen atoms in total. The number of aryl methyl sites for hydroxylation is 2. The second-order valence-electron chi connectivity index (χ2n) is 8.44. The molecule has 2 aromatic rings. The maximum atomic E-state index is 6.02. The fourth-order valence-corrected chi connectivity index (χ4v) is 4.93. The average Bonchev–Trinajstić information content (AvgIpc) is 3.20. The minimum Gasteiger partial charge on any atom is -0.497 e. The third kappa shape index (κ3) is 3.89. The van der Waals surface area contributed by atoms with Gasteiger partial charge in [0.2, 0.25) is 0 Å². The van der Waals surface area contributed by atoms with E-state index in [0.717, 1.165) is 37.1 Å². The standard InChI is InChI=1S/C24H32N2O2/c1-17-5-8-22(13-18(17)2)28-12-11-26-15-20-14-25(3)24(23(20)16-26)19-6-9-21(27-4)10-7-19/h5-10,13,20,23-24H,11-12,14-16H2,1-4H3/t20-,23+,24-/m0/s1. The predicted octanol–water partition coefficient (Wildman–Crippen LogP) is 3.93. The van der Waals surface area contributed by atoms with Crippen LogP contribution in [0.3, 0.4) is 0 Å². The molecule has 28 heavy (non-hydrogen) atoms. The summed E-state index contributed by atoms with van der Waals surface area (Å²) >= 11 is 0. The van der Waals surface area contributed by atoms with E-state index in [0.29, 0.717) is 12.0 Å². The lowest BCUT2D eigenvalue weighted by atomic mass is 9.89. The lowest BCUT2D eigenvalue weighted by Gasteiger charge is -2.27. The monoisotopic (exact) mass is 380 g/mol. The van der Waals surface area contributed by atoms with Crippen molar-refractivity contribution >= 4 is 0 Å². The first-order chi connectivity index (χ1) is 13.5. The van der Waals surface area contributed by atoms with E-state index in [2.05, 4.69) is 73.2 Å². The van der Waals surface area contributed by atoms with Crippen LogP contribution in [0.1, 0.15) is 22.7 Å². The molecule has 0 N–H and O–H groups in total. The molecule has 0 radical (unpaired) electrons. The summed E-state index contributed by atoms with van der Waals surface area (Å²) in [5.41, 5.74) is 4.01. The molecular weight excluding hydrogens is 348 g/mol. The Bertz CT molecular complexity index is 805. The van der Waals surface area contributed by atoms with Gasteiger partial charge in [0.25, 0.3) is 0 Å². The highest BCUT2D eigenvalue weighted by atomic mass is 16.5. The highest BCUT2D eigenvalue weighted by Crippen LogP contribution is 2.44. The van der Waals surface area contributed by atoms with Crippen molar-refractivity contribution in [3.63, 3.8) is 0 Å². The number of hydrogen-bond acceptors (Lipinski definition) is 4. The van der Waals surface area contributed by atoms with Crippen LogP contribution in [-0.2, 0) is 0 Å². The molecule has 2 fully saturated rings. The van der Waals surface area contributed by atoms with Crippen LogP contribution in [-0.4, -0.2) is 56.7 Å². The largest absolute Gasteiger partial charge is 0.497 e. The summed E-state index contributed by atoms with van der Waals surface area (Å²) in [5, 5.41) is 0. The van der Waals surface area contributed by atoms with E-state index >= 15 is 0 Å². The maximum Gasteiger partial charge on any atom is 0.119 e. The van der Waals surface area contributed by atoms with E-state index in [1.165, 1.54) is 29.8 Å². The summed E-state index contributed by atoms with van der Waals surface area (Å²) in [6.45, 7) is 9.54. The van der Waals surface area contributed by atoms with Crippen LogP contribution >= 0.6 is 0 Å². The Balaban J connectivity index is 1.34. The van der Waals surface area contributed by atoms with Gasteiger partial charge in [0.05, 0.1) is 7.11 Å². The van der Waals surface area contributed by atoms with E-state index in [1.54, 1.807) is 7.11 Å². The highest BCUT2D eigenvalue weighted by molar-refractivity contribution is 5.34. The number of rotatable bonds is 6. The van der Waals surface area contributed by atoms with Gasteiger partial charge in [-0.25, -0.2) is 0 Å². The Labute approximate surface area is 169 Å². The second kappa shape index (κ2) is 8.14. The quantitative estimate of drug-likeness (QED) is 0.758. The van der Waals surface area contributed by atoms with Crippen molar-refractivity contribution < 1.29 is 9.47 Å². The van der Waals surface area contributed by atoms with Crippen molar-refractivity contribution in [1.29, 1.82) is 0 Å². The fourth-order valence-electron chi connectivity index (χ4n) is 4.93. The molecule has 2 aliphatic rings. The van der Waals surface area contributed by atoms with Crippen LogP contribution in [0.25, 0.3) is 0 Å². The molecular formula is C24H32N2O2. The first-order valence-electron chi connectivity index (χ1n) is 10.3. The van der Waals surface area contributed by atoms with Gasteiger partial charge < -0.3 is 9.47 Å². The number of fused-ring (bicyclic) bond motifs is 1. The Kier molecular flexibility index (Phi) is 5.61. The van der Waals surface area contributed by atoms with E-state index in [-0.39, 0.29) is 0 Å². The van der Waals surface area contributed by atoms with Gasteiger partial charge in [-0.3, -0.25) is 9.80 Å². The first kappa shape index (κ1) is 19.3. The summed E-state index contributed by atoms with van der Waals surface area (Å²) in [6, 6.07) is 15.5. The lowest BCUT2D eigenvalue weighted by molar-refractivity contribution is 0.198. The van der Waals surface area contributed by atoms with E-state index in [1.807, 2.05) is 0 Å². The second-order valence-corrected chi connectivity index (χ2v) is 8.44. The zero-order valence-corrected chi connectivity index (χ0v) is 17.5. The van der Waals surface area contributed by atoms with Crippen LogP contribution in [0.4, 0.5) is 0 Å². The van der Waals surface area contributed by atoms with Crippen molar-refractivity contribution in [2.24, 2.45) is 11.8 Å². The number of benzene rings is 2. The molecule has 4 rings (SSSR count). The SMILES string of the molecule is COc1ccc([C@H]2[C@@H]3CN(CCOc4ccc(C)c(C)c4)C[C@@H]3CN2C)cc1. The molecule has 0 aromatic heterocycles. The Morgan fingerprint density at radius 1 is 0.929 bits per heavy atom. The van der Waals surface area contributed by atoms with Gasteiger partial charge in [-0.1, -0.05) is 18.2 Å². The minimum absolute atomic E-state index is 0.501. The van der Waals surface area contributed by atoms with Crippen LogP contribution < -0.4 is 9.47 Å². The Morgan fingerprint density at radius 3 is 2.39 bits per heavy atom. The van der Waals surface area contributed by atoms with Gasteiger partial charge in [-0.05, 0) is 73.7 Å². The summed E-state index contributed by atoms with van der Waals surface area (Å²) in [7, 11) is 3.99. The van der Waals surface area contributed by atoms with E-state index in [9.17, 15) is 0 Å². The summed E-state index contributed by atoms with van der Waals surface area (Å²) in [4.78, 5) is 5.11. The normalized spacial score (nSPS) is 25.1. The summed E-state index contributed by atoms with van der Waals surface area (Å²) in [6.07, 6.45) is 0. The smallest absolute Gasteiger partial charge is 0.119 e. The summed E-state index contributed by atoms with van der Waals surface area (Å²) in [5.74, 6) is 3.36. The molecule has 0 spiro atoms. The fraction of sp³-hybridized carbons (Fsp3) is 0.500. The maximum absolute atomic E-state index is 6.02. The molecule has 2 aliphatic heterocycles. The van der Waals surface area contributed by atoms with Crippen molar-refractivity contribution in [1.82, 2.24) is 9.80 Å². The van der Waals surface area contributed by atoms with Gasteiger partial charge >= 0.3 is 0 Å². The zero-order chi connectivity index (χ0) is 19.7. The molecule has 4 heteroatoms. The van der Waals surface area contributed by atoms with Crippen molar-refractivity contribution in [3.05, 3.63) is 59.2 Å². The molecule has 0 bridgehead atoms. The first-order valence-corrected chi connectivity index (χ1v) is 10.3. The third-order valence-electron chi connectivity index (χ3n) is 6.58. The predicted molar refractivity (Wildman–Crippen MR) is 113 cm³/mol. The Morgan fingerprint density at radius 2 is 1.68 bits per heavy atom. The average molecular weight is 381 g/mol. The number of likely N-dealkylation sites (tertiary alicyclic amines) is 2. The number of methoxy groups -OCH3 is 1. The molecule has 3 atom stereocenters. The summed E-state index contributed by atoms with van der Waals surface area (Å²) < 4.78 is 11.3. The van der Waals surface area contributed by atoms with Gasteiger partial charge in [-0.15, -0.1) is 0 Å². The van der Waals surface area contributed by atoms with Gasteiger partial charge in [0.15, 0.2) is 0 Å². The lowest BCUT2D eigenvalue weighted by Crippen LogP contribution is -2.31. The zero-order valence-electron chi connectivity index (χ0n) is 17.5. The topological polar surface area (TPSA) is 24.9 Å². The van der Waals surface area contributed by atoms with Gasteiger partial charge in [0, 0.05) is 32.2 Å². The molecule has 150 valence electrons. The molecule has 0 aliphatic carbocycles. The van der Waals surface area contributed by atoms with Crippen LogP contribution in [0.2, 0.25) is 0 Å². The van der Waals surface area contributed by atoms with Crippen LogP contribution in [0, 0.1) is 25.7 Å². The third-order valence-corrected chi connectivity index (χ3v) is 6.58. The van der Waals surface area contributed by atoms with E-state index in [4.69, 9.17) is 9.47 Å².